The Kier molecular flexibility index (Phi) is 8.83. The van der Waals surface area contributed by atoms with Crippen LogP contribution in [0.3, 0.4) is 0 Å². The molecule has 0 radical (unpaired) electrons. The Morgan fingerprint density at radius 2 is 1.59 bits per heavy atom. The topological polar surface area (TPSA) is 61.9 Å². The van der Waals surface area contributed by atoms with Gasteiger partial charge in [-0.1, -0.05) is 19.3 Å². The summed E-state index contributed by atoms with van der Waals surface area (Å²) in [5.41, 5.74) is -0.381. The second-order valence-electron chi connectivity index (χ2n) is 8.34. The zero-order chi connectivity index (χ0) is 18.4. The molecule has 0 atom stereocenters. The SMILES string of the molecule is COCC1(C(=O)N2CCN(C(=O)CC3CCCCC3)CC2)CCNCC1.Cl. The van der Waals surface area contributed by atoms with Crippen LogP contribution < -0.4 is 5.32 Å². The smallest absolute Gasteiger partial charge is 0.231 e. The molecular formula is C20H36ClN3O3. The van der Waals surface area contributed by atoms with Crippen LogP contribution in [0.5, 0.6) is 0 Å². The van der Waals surface area contributed by atoms with E-state index in [2.05, 4.69) is 5.32 Å². The average Bonchev–Trinajstić information content (AvgIpc) is 2.69. The number of piperidine rings is 1. The van der Waals surface area contributed by atoms with Crippen molar-refractivity contribution >= 4 is 24.2 Å². The van der Waals surface area contributed by atoms with E-state index in [9.17, 15) is 9.59 Å². The summed E-state index contributed by atoms with van der Waals surface area (Å²) >= 11 is 0. The molecule has 2 amide bonds. The van der Waals surface area contributed by atoms with E-state index < -0.39 is 0 Å². The zero-order valence-corrected chi connectivity index (χ0v) is 17.5. The molecule has 2 saturated heterocycles. The van der Waals surface area contributed by atoms with E-state index in [0.29, 0.717) is 45.1 Å². The third-order valence-corrected chi connectivity index (χ3v) is 6.54. The van der Waals surface area contributed by atoms with Crippen molar-refractivity contribution in [3.8, 4) is 0 Å². The van der Waals surface area contributed by atoms with Crippen molar-refractivity contribution in [2.75, 3.05) is 53.0 Å². The van der Waals surface area contributed by atoms with Crippen LogP contribution in [-0.2, 0) is 14.3 Å². The first-order valence-electron chi connectivity index (χ1n) is 10.4. The molecule has 0 aromatic heterocycles. The molecule has 7 heteroatoms. The molecule has 0 bridgehead atoms. The van der Waals surface area contributed by atoms with Crippen LogP contribution in [0.1, 0.15) is 51.4 Å². The molecule has 27 heavy (non-hydrogen) atoms. The summed E-state index contributed by atoms with van der Waals surface area (Å²) in [5, 5.41) is 3.34. The number of nitrogens with zero attached hydrogens (tertiary/aromatic N) is 2. The first kappa shape index (κ1) is 22.4. The lowest BCUT2D eigenvalue weighted by molar-refractivity contribution is -0.151. The van der Waals surface area contributed by atoms with Crippen LogP contribution in [-0.4, -0.2) is 74.6 Å². The lowest BCUT2D eigenvalue weighted by Gasteiger charge is -2.43. The summed E-state index contributed by atoms with van der Waals surface area (Å²) in [7, 11) is 1.68. The van der Waals surface area contributed by atoms with Crippen LogP contribution in [0, 0.1) is 11.3 Å². The average molecular weight is 402 g/mol. The van der Waals surface area contributed by atoms with Gasteiger partial charge in [-0.3, -0.25) is 9.59 Å². The number of carbonyl (C=O) groups excluding carboxylic acids is 2. The summed E-state index contributed by atoms with van der Waals surface area (Å²) in [6, 6.07) is 0. The van der Waals surface area contributed by atoms with Crippen molar-refractivity contribution in [3.63, 3.8) is 0 Å². The van der Waals surface area contributed by atoms with Gasteiger partial charge >= 0.3 is 0 Å². The van der Waals surface area contributed by atoms with E-state index in [1.165, 1.54) is 32.1 Å². The summed E-state index contributed by atoms with van der Waals surface area (Å²) in [6.45, 7) is 4.91. The van der Waals surface area contributed by atoms with Gasteiger partial charge in [-0.2, -0.15) is 0 Å². The largest absolute Gasteiger partial charge is 0.384 e. The minimum Gasteiger partial charge on any atom is -0.384 e. The van der Waals surface area contributed by atoms with Gasteiger partial charge in [0.15, 0.2) is 0 Å². The Bertz CT molecular complexity index is 477. The van der Waals surface area contributed by atoms with Crippen molar-refractivity contribution in [2.45, 2.75) is 51.4 Å². The monoisotopic (exact) mass is 401 g/mol. The Hall–Kier alpha value is -0.850. The van der Waals surface area contributed by atoms with Gasteiger partial charge in [0.25, 0.3) is 0 Å². The van der Waals surface area contributed by atoms with E-state index in [-0.39, 0.29) is 29.6 Å². The quantitative estimate of drug-likeness (QED) is 0.766. The molecule has 2 aliphatic heterocycles. The number of hydrogen-bond acceptors (Lipinski definition) is 4. The second kappa shape index (κ2) is 10.6. The van der Waals surface area contributed by atoms with E-state index in [0.717, 1.165) is 25.9 Å². The van der Waals surface area contributed by atoms with Crippen molar-refractivity contribution in [1.82, 2.24) is 15.1 Å². The lowest BCUT2D eigenvalue weighted by atomic mass is 9.78. The van der Waals surface area contributed by atoms with Crippen LogP contribution in [0.25, 0.3) is 0 Å². The molecule has 156 valence electrons. The third kappa shape index (κ3) is 5.58. The first-order chi connectivity index (χ1) is 12.6. The highest BCUT2D eigenvalue weighted by atomic mass is 35.5. The number of methoxy groups -OCH3 is 1. The van der Waals surface area contributed by atoms with Gasteiger partial charge in [0.05, 0.1) is 12.0 Å². The highest BCUT2D eigenvalue weighted by Crippen LogP contribution is 2.32. The van der Waals surface area contributed by atoms with Gasteiger partial charge in [0.2, 0.25) is 11.8 Å². The predicted octanol–water partition coefficient (Wildman–Crippen LogP) is 2.07. The van der Waals surface area contributed by atoms with E-state index in [4.69, 9.17) is 4.74 Å². The molecule has 3 aliphatic rings. The summed E-state index contributed by atoms with van der Waals surface area (Å²) in [5.74, 6) is 1.09. The Balaban J connectivity index is 0.00000261. The molecule has 0 unspecified atom stereocenters. The number of amides is 2. The molecule has 1 N–H and O–H groups in total. The van der Waals surface area contributed by atoms with Crippen LogP contribution in [0.4, 0.5) is 0 Å². The fraction of sp³-hybridized carbons (Fsp3) is 0.900. The van der Waals surface area contributed by atoms with Gasteiger partial charge in [-0.05, 0) is 44.7 Å². The molecule has 0 aromatic carbocycles. The van der Waals surface area contributed by atoms with Crippen molar-refractivity contribution in [3.05, 3.63) is 0 Å². The highest BCUT2D eigenvalue weighted by Gasteiger charge is 2.43. The van der Waals surface area contributed by atoms with Gasteiger partial charge in [-0.25, -0.2) is 0 Å². The van der Waals surface area contributed by atoms with Gasteiger partial charge < -0.3 is 19.9 Å². The molecule has 3 fully saturated rings. The fourth-order valence-corrected chi connectivity index (χ4v) is 4.86. The van der Waals surface area contributed by atoms with Crippen molar-refractivity contribution in [2.24, 2.45) is 11.3 Å². The number of nitrogens with one attached hydrogen (secondary N) is 1. The maximum atomic E-state index is 13.2. The number of piperazine rings is 1. The van der Waals surface area contributed by atoms with Crippen molar-refractivity contribution in [1.29, 1.82) is 0 Å². The van der Waals surface area contributed by atoms with Crippen LogP contribution in [0.2, 0.25) is 0 Å². The molecule has 0 spiro atoms. The standard InChI is InChI=1S/C20H35N3O3.ClH/c1-26-16-20(7-9-21-10-8-20)19(25)23-13-11-22(12-14-23)18(24)15-17-5-3-2-4-6-17;/h17,21H,2-16H2,1H3;1H. The van der Waals surface area contributed by atoms with E-state index in [1.807, 2.05) is 9.80 Å². The van der Waals surface area contributed by atoms with Gasteiger partial charge in [0.1, 0.15) is 0 Å². The minimum atomic E-state index is -0.381. The van der Waals surface area contributed by atoms with Gasteiger partial charge in [-0.15, -0.1) is 12.4 Å². The Morgan fingerprint density at radius 1 is 1.00 bits per heavy atom. The Labute approximate surface area is 169 Å². The van der Waals surface area contributed by atoms with Crippen LogP contribution >= 0.6 is 12.4 Å². The lowest BCUT2D eigenvalue weighted by Crippen LogP contribution is -2.57. The van der Waals surface area contributed by atoms with Crippen molar-refractivity contribution < 1.29 is 14.3 Å². The number of hydrogen-bond donors (Lipinski definition) is 1. The molecule has 3 rings (SSSR count). The highest BCUT2D eigenvalue weighted by molar-refractivity contribution is 5.85. The first-order valence-corrected chi connectivity index (χ1v) is 10.4. The summed E-state index contributed by atoms with van der Waals surface area (Å²) < 4.78 is 5.40. The van der Waals surface area contributed by atoms with E-state index >= 15 is 0 Å². The predicted molar refractivity (Wildman–Crippen MR) is 108 cm³/mol. The van der Waals surface area contributed by atoms with Crippen LogP contribution in [0.15, 0.2) is 0 Å². The number of carbonyl (C=O) groups is 2. The molecule has 6 nitrogen and oxygen atoms in total. The molecule has 1 saturated carbocycles. The number of halogens is 1. The second-order valence-corrected chi connectivity index (χ2v) is 8.34. The molecular weight excluding hydrogens is 366 g/mol. The third-order valence-electron chi connectivity index (χ3n) is 6.54. The summed E-state index contributed by atoms with van der Waals surface area (Å²) in [6.07, 6.45) is 8.65. The van der Waals surface area contributed by atoms with E-state index in [1.54, 1.807) is 7.11 Å². The number of rotatable bonds is 5. The normalized spacial score (nSPS) is 23.6. The zero-order valence-electron chi connectivity index (χ0n) is 16.7. The fourth-order valence-electron chi connectivity index (χ4n) is 4.86. The maximum absolute atomic E-state index is 13.2. The maximum Gasteiger partial charge on any atom is 0.231 e. The van der Waals surface area contributed by atoms with Gasteiger partial charge in [0, 0.05) is 39.7 Å². The Morgan fingerprint density at radius 3 is 2.19 bits per heavy atom. The molecule has 1 aliphatic carbocycles. The number of ether oxygens (including phenoxy) is 1. The minimum absolute atomic E-state index is 0. The molecule has 2 heterocycles. The summed E-state index contributed by atoms with van der Waals surface area (Å²) in [4.78, 5) is 29.7. The molecule has 0 aromatic rings.